The van der Waals surface area contributed by atoms with E-state index >= 15 is 0 Å². The van der Waals surface area contributed by atoms with Crippen LogP contribution in [0.4, 0.5) is 0 Å². The van der Waals surface area contributed by atoms with Crippen LogP contribution in [-0.2, 0) is 9.59 Å². The van der Waals surface area contributed by atoms with E-state index in [1.807, 2.05) is 25.7 Å². The van der Waals surface area contributed by atoms with Gasteiger partial charge in [0, 0.05) is 18.6 Å². The van der Waals surface area contributed by atoms with Gasteiger partial charge in [-0.25, -0.2) is 0 Å². The van der Waals surface area contributed by atoms with Crippen molar-refractivity contribution in [2.24, 2.45) is 0 Å². The van der Waals surface area contributed by atoms with Crippen LogP contribution in [0.25, 0.3) is 0 Å². The van der Waals surface area contributed by atoms with Gasteiger partial charge in [-0.1, -0.05) is 13.8 Å². The van der Waals surface area contributed by atoms with E-state index in [2.05, 4.69) is 10.2 Å². The van der Waals surface area contributed by atoms with E-state index in [4.69, 9.17) is 0 Å². The first-order valence-electron chi connectivity index (χ1n) is 8.43. The van der Waals surface area contributed by atoms with E-state index in [-0.39, 0.29) is 23.9 Å². The summed E-state index contributed by atoms with van der Waals surface area (Å²) in [6.45, 7) is 8.08. The molecule has 0 aliphatic carbocycles. The summed E-state index contributed by atoms with van der Waals surface area (Å²) in [7, 11) is 0. The first-order valence-corrected chi connectivity index (χ1v) is 8.43. The lowest BCUT2D eigenvalue weighted by Gasteiger charge is -2.48. The lowest BCUT2D eigenvalue weighted by atomic mass is 9.85. The van der Waals surface area contributed by atoms with E-state index in [1.165, 1.54) is 6.42 Å². The van der Waals surface area contributed by atoms with Gasteiger partial charge >= 0.3 is 0 Å². The zero-order chi connectivity index (χ0) is 15.2. The SMILES string of the molecule is CCC1(CC)NC(=O)C(C)N(C2CCN3CCCC23)C1=O. The fourth-order valence-electron chi connectivity index (χ4n) is 4.49. The van der Waals surface area contributed by atoms with Crippen molar-refractivity contribution in [2.45, 2.75) is 76.5 Å². The summed E-state index contributed by atoms with van der Waals surface area (Å²) in [5, 5.41) is 3.00. The Bertz CT molecular complexity index is 447. The fourth-order valence-corrected chi connectivity index (χ4v) is 4.49. The predicted octanol–water partition coefficient (Wildman–Crippen LogP) is 1.13. The van der Waals surface area contributed by atoms with Crippen LogP contribution >= 0.6 is 0 Å². The van der Waals surface area contributed by atoms with Crippen molar-refractivity contribution in [1.29, 1.82) is 0 Å². The Morgan fingerprint density at radius 3 is 2.52 bits per heavy atom. The average molecular weight is 293 g/mol. The number of nitrogens with zero attached hydrogens (tertiary/aromatic N) is 2. The molecule has 118 valence electrons. The maximum absolute atomic E-state index is 13.1. The van der Waals surface area contributed by atoms with Crippen LogP contribution in [0.1, 0.15) is 52.9 Å². The molecule has 3 rings (SSSR count). The topological polar surface area (TPSA) is 52.7 Å². The Morgan fingerprint density at radius 1 is 1.14 bits per heavy atom. The van der Waals surface area contributed by atoms with Crippen molar-refractivity contribution in [1.82, 2.24) is 15.1 Å². The first-order chi connectivity index (χ1) is 10.0. The summed E-state index contributed by atoms with van der Waals surface area (Å²) in [6.07, 6.45) is 4.72. The standard InChI is InChI=1S/C16H27N3O2/c1-4-16(5-2)15(21)19(11(3)14(20)17-16)13-8-10-18-9-6-7-12(13)18/h11-13H,4-10H2,1-3H3,(H,17,20). The zero-order valence-electron chi connectivity index (χ0n) is 13.4. The highest BCUT2D eigenvalue weighted by Crippen LogP contribution is 2.36. The van der Waals surface area contributed by atoms with Crippen molar-refractivity contribution < 1.29 is 9.59 Å². The van der Waals surface area contributed by atoms with Gasteiger partial charge in [0.1, 0.15) is 11.6 Å². The normalized spacial score (nSPS) is 36.0. The van der Waals surface area contributed by atoms with Gasteiger partial charge in [0.15, 0.2) is 0 Å². The molecule has 0 bridgehead atoms. The molecule has 0 aromatic carbocycles. The van der Waals surface area contributed by atoms with Gasteiger partial charge in [-0.15, -0.1) is 0 Å². The molecule has 21 heavy (non-hydrogen) atoms. The van der Waals surface area contributed by atoms with Gasteiger partial charge in [0.25, 0.3) is 0 Å². The number of piperazine rings is 1. The number of hydrogen-bond acceptors (Lipinski definition) is 3. The van der Waals surface area contributed by atoms with E-state index in [0.717, 1.165) is 25.9 Å². The van der Waals surface area contributed by atoms with Crippen LogP contribution in [0.2, 0.25) is 0 Å². The average Bonchev–Trinajstić information content (AvgIpc) is 3.08. The Balaban J connectivity index is 1.91. The van der Waals surface area contributed by atoms with Crippen molar-refractivity contribution in [3.8, 4) is 0 Å². The Labute approximate surface area is 127 Å². The molecule has 2 amide bonds. The van der Waals surface area contributed by atoms with Crippen molar-refractivity contribution in [3.05, 3.63) is 0 Å². The second-order valence-corrected chi connectivity index (χ2v) is 6.77. The summed E-state index contributed by atoms with van der Waals surface area (Å²) >= 11 is 0. The van der Waals surface area contributed by atoms with E-state index < -0.39 is 5.54 Å². The highest BCUT2D eigenvalue weighted by Gasteiger charge is 2.52. The number of amides is 2. The second-order valence-electron chi connectivity index (χ2n) is 6.77. The molecular formula is C16H27N3O2. The fraction of sp³-hybridized carbons (Fsp3) is 0.875. The first kappa shape index (κ1) is 14.8. The monoisotopic (exact) mass is 293 g/mol. The molecule has 3 atom stereocenters. The Kier molecular flexibility index (Phi) is 3.72. The number of nitrogens with one attached hydrogen (secondary N) is 1. The molecule has 5 nitrogen and oxygen atoms in total. The molecule has 0 radical (unpaired) electrons. The summed E-state index contributed by atoms with van der Waals surface area (Å²) in [6, 6.07) is 0.349. The number of carbonyl (C=O) groups excluding carboxylic acids is 2. The highest BCUT2D eigenvalue weighted by atomic mass is 16.2. The quantitative estimate of drug-likeness (QED) is 0.848. The summed E-state index contributed by atoms with van der Waals surface area (Å²) in [5.41, 5.74) is -0.685. The molecule has 1 N–H and O–H groups in total. The van der Waals surface area contributed by atoms with Gasteiger partial charge < -0.3 is 10.2 Å². The third-order valence-electron chi connectivity index (χ3n) is 5.94. The number of hydrogen-bond donors (Lipinski definition) is 1. The van der Waals surface area contributed by atoms with Crippen LogP contribution < -0.4 is 5.32 Å². The van der Waals surface area contributed by atoms with Crippen molar-refractivity contribution in [3.63, 3.8) is 0 Å². The van der Waals surface area contributed by atoms with Crippen molar-refractivity contribution in [2.75, 3.05) is 13.1 Å². The molecular weight excluding hydrogens is 266 g/mol. The van der Waals surface area contributed by atoms with E-state index in [1.54, 1.807) is 0 Å². The molecule has 0 saturated carbocycles. The minimum absolute atomic E-state index is 0.00902. The molecule has 3 aliphatic heterocycles. The number of fused-ring (bicyclic) bond motifs is 1. The Hall–Kier alpha value is -1.10. The molecule has 3 aliphatic rings. The van der Waals surface area contributed by atoms with Crippen LogP contribution in [0, 0.1) is 0 Å². The minimum Gasteiger partial charge on any atom is -0.340 e. The van der Waals surface area contributed by atoms with Gasteiger partial charge in [-0.3, -0.25) is 14.5 Å². The predicted molar refractivity (Wildman–Crippen MR) is 80.8 cm³/mol. The van der Waals surface area contributed by atoms with Gasteiger partial charge in [-0.2, -0.15) is 0 Å². The molecule has 3 saturated heterocycles. The van der Waals surface area contributed by atoms with Crippen LogP contribution in [0.3, 0.4) is 0 Å². The molecule has 5 heteroatoms. The third-order valence-corrected chi connectivity index (χ3v) is 5.94. The van der Waals surface area contributed by atoms with E-state index in [9.17, 15) is 9.59 Å². The van der Waals surface area contributed by atoms with Gasteiger partial charge in [0.05, 0.1) is 0 Å². The molecule has 0 aromatic heterocycles. The minimum atomic E-state index is -0.685. The van der Waals surface area contributed by atoms with E-state index in [0.29, 0.717) is 18.9 Å². The maximum Gasteiger partial charge on any atom is 0.249 e. The second kappa shape index (κ2) is 5.27. The van der Waals surface area contributed by atoms with Crippen LogP contribution in [-0.4, -0.2) is 58.4 Å². The maximum atomic E-state index is 13.1. The van der Waals surface area contributed by atoms with Gasteiger partial charge in [0.2, 0.25) is 11.8 Å². The van der Waals surface area contributed by atoms with Crippen LogP contribution in [0.5, 0.6) is 0 Å². The highest BCUT2D eigenvalue weighted by molar-refractivity contribution is 5.99. The Morgan fingerprint density at radius 2 is 1.86 bits per heavy atom. The lowest BCUT2D eigenvalue weighted by molar-refractivity contribution is -0.158. The lowest BCUT2D eigenvalue weighted by Crippen LogP contribution is -2.71. The summed E-state index contributed by atoms with van der Waals surface area (Å²) in [5.74, 6) is 0.146. The van der Waals surface area contributed by atoms with Crippen LogP contribution in [0.15, 0.2) is 0 Å². The molecule has 3 fully saturated rings. The third kappa shape index (κ3) is 2.08. The largest absolute Gasteiger partial charge is 0.340 e. The zero-order valence-corrected chi connectivity index (χ0v) is 13.4. The molecule has 0 aromatic rings. The summed E-state index contributed by atoms with van der Waals surface area (Å²) in [4.78, 5) is 30.0. The number of rotatable bonds is 3. The summed E-state index contributed by atoms with van der Waals surface area (Å²) < 4.78 is 0. The van der Waals surface area contributed by atoms with Crippen molar-refractivity contribution >= 4 is 11.8 Å². The molecule has 3 unspecified atom stereocenters. The van der Waals surface area contributed by atoms with Gasteiger partial charge in [-0.05, 0) is 45.6 Å². The molecule has 3 heterocycles. The smallest absolute Gasteiger partial charge is 0.249 e. The number of carbonyl (C=O) groups is 2. The molecule has 0 spiro atoms.